The Balaban J connectivity index is 2.09. The molecule has 30 heavy (non-hydrogen) atoms. The third-order valence-electron chi connectivity index (χ3n) is 4.27. The monoisotopic (exact) mass is 413 g/mol. The molecule has 8 nitrogen and oxygen atoms in total. The van der Waals surface area contributed by atoms with Crippen molar-refractivity contribution in [1.29, 1.82) is 0 Å². The van der Waals surface area contributed by atoms with E-state index in [1.165, 1.54) is 38.1 Å². The highest BCUT2D eigenvalue weighted by Crippen LogP contribution is 2.26. The fourth-order valence-electron chi connectivity index (χ4n) is 2.76. The summed E-state index contributed by atoms with van der Waals surface area (Å²) in [5.41, 5.74) is 0.0164. The van der Waals surface area contributed by atoms with Crippen molar-refractivity contribution < 1.29 is 23.4 Å². The lowest BCUT2D eigenvalue weighted by atomic mass is 10.2. The van der Waals surface area contributed by atoms with Gasteiger partial charge in [0.1, 0.15) is 17.3 Å². The topological polar surface area (TPSA) is 91.7 Å². The first-order chi connectivity index (χ1) is 14.4. The van der Waals surface area contributed by atoms with Crippen LogP contribution >= 0.6 is 0 Å². The molecule has 0 aliphatic heterocycles. The lowest BCUT2D eigenvalue weighted by Crippen LogP contribution is -2.26. The second kappa shape index (κ2) is 8.64. The van der Waals surface area contributed by atoms with Gasteiger partial charge >= 0.3 is 0 Å². The first-order valence-electron chi connectivity index (χ1n) is 8.85. The van der Waals surface area contributed by atoms with E-state index >= 15 is 0 Å². The predicted molar refractivity (Wildman–Crippen MR) is 109 cm³/mol. The van der Waals surface area contributed by atoms with Crippen LogP contribution in [0, 0.1) is 12.7 Å². The molecule has 1 heterocycles. The van der Waals surface area contributed by atoms with Gasteiger partial charge in [-0.3, -0.25) is 9.59 Å². The number of nitrogens with one attached hydrogen (secondary N) is 1. The molecule has 0 bridgehead atoms. The average Bonchev–Trinajstić information content (AvgIpc) is 2.75. The minimum absolute atomic E-state index is 0.0494. The highest BCUT2D eigenvalue weighted by atomic mass is 19.1. The maximum atomic E-state index is 14.0. The van der Waals surface area contributed by atoms with Gasteiger partial charge in [-0.25, -0.2) is 4.39 Å². The molecule has 0 radical (unpaired) electrons. The van der Waals surface area contributed by atoms with E-state index in [9.17, 15) is 14.0 Å². The number of rotatable bonds is 6. The fourth-order valence-corrected chi connectivity index (χ4v) is 2.76. The summed E-state index contributed by atoms with van der Waals surface area (Å²) in [5, 5.41) is 6.54. The number of carbonyl (C=O) groups is 1. The van der Waals surface area contributed by atoms with Crippen molar-refractivity contribution in [1.82, 2.24) is 9.78 Å². The first-order valence-corrected chi connectivity index (χ1v) is 8.85. The number of nitrogens with zero attached hydrogens (tertiary/aromatic N) is 2. The summed E-state index contributed by atoms with van der Waals surface area (Å²) in [6.45, 7) is 1.75. The van der Waals surface area contributed by atoms with E-state index < -0.39 is 22.8 Å². The van der Waals surface area contributed by atoms with Gasteiger partial charge in [-0.2, -0.15) is 9.78 Å². The summed E-state index contributed by atoms with van der Waals surface area (Å²) in [5.74, 6) is -0.441. The largest absolute Gasteiger partial charge is 0.497 e. The van der Waals surface area contributed by atoms with Crippen LogP contribution in [0.5, 0.6) is 17.4 Å². The van der Waals surface area contributed by atoms with Gasteiger partial charge in [-0.1, -0.05) is 6.07 Å². The standard InChI is InChI=1S/C21H20FN3O5/c1-12-5-6-16(22)17(7-12)23-21(27)20-18(26)11-19(30-4)25(24-20)13-8-14(28-2)10-15(9-13)29-3/h5-11H,1-4H3,(H,23,27). The number of benzene rings is 2. The van der Waals surface area contributed by atoms with Gasteiger partial charge in [0, 0.05) is 18.2 Å². The summed E-state index contributed by atoms with van der Waals surface area (Å²) in [6, 6.07) is 10.3. The quantitative estimate of drug-likeness (QED) is 0.668. The van der Waals surface area contributed by atoms with E-state index in [-0.39, 0.29) is 11.6 Å². The van der Waals surface area contributed by atoms with E-state index in [0.29, 0.717) is 17.2 Å². The first kappa shape index (κ1) is 20.8. The summed E-state index contributed by atoms with van der Waals surface area (Å²) in [6.07, 6.45) is 0. The number of hydrogen-bond acceptors (Lipinski definition) is 6. The maximum Gasteiger partial charge on any atom is 0.280 e. The molecule has 0 spiro atoms. The second-order valence-electron chi connectivity index (χ2n) is 6.32. The van der Waals surface area contributed by atoms with Crippen LogP contribution in [0.15, 0.2) is 47.3 Å². The van der Waals surface area contributed by atoms with Gasteiger partial charge in [0.2, 0.25) is 11.3 Å². The molecule has 0 atom stereocenters. The number of halogens is 1. The third kappa shape index (κ3) is 4.24. The van der Waals surface area contributed by atoms with Crippen molar-refractivity contribution in [2.24, 2.45) is 0 Å². The van der Waals surface area contributed by atoms with E-state index in [2.05, 4.69) is 10.4 Å². The zero-order valence-corrected chi connectivity index (χ0v) is 16.9. The summed E-state index contributed by atoms with van der Waals surface area (Å²) >= 11 is 0. The number of hydrogen-bond donors (Lipinski definition) is 1. The van der Waals surface area contributed by atoms with Crippen molar-refractivity contribution >= 4 is 11.6 Å². The SMILES string of the molecule is COc1cc(OC)cc(-n2nc(C(=O)Nc3cc(C)ccc3F)c(=O)cc2OC)c1. The molecule has 1 aromatic heterocycles. The molecular formula is C21H20FN3O5. The molecule has 0 aliphatic carbocycles. The zero-order chi connectivity index (χ0) is 21.8. The Labute approximate surface area is 171 Å². The Morgan fingerprint density at radius 1 is 1.00 bits per heavy atom. The number of ether oxygens (including phenoxy) is 3. The Hall–Kier alpha value is -3.88. The molecule has 0 saturated carbocycles. The molecule has 3 aromatic rings. The van der Waals surface area contributed by atoms with E-state index in [1.54, 1.807) is 31.2 Å². The summed E-state index contributed by atoms with van der Waals surface area (Å²) < 4.78 is 31.0. The number of anilines is 1. The number of carbonyl (C=O) groups excluding carboxylic acids is 1. The van der Waals surface area contributed by atoms with Gasteiger partial charge in [-0.05, 0) is 24.6 Å². The predicted octanol–water partition coefficient (Wildman–Crippen LogP) is 2.96. The molecule has 1 N–H and O–H groups in total. The third-order valence-corrected chi connectivity index (χ3v) is 4.27. The molecule has 9 heteroatoms. The van der Waals surface area contributed by atoms with Gasteiger partial charge in [-0.15, -0.1) is 0 Å². The number of aryl methyl sites for hydroxylation is 1. The number of amides is 1. The van der Waals surface area contributed by atoms with Crippen LogP contribution in [0.25, 0.3) is 5.69 Å². The number of aromatic nitrogens is 2. The molecule has 2 aromatic carbocycles. The maximum absolute atomic E-state index is 14.0. The van der Waals surface area contributed by atoms with Crippen LogP contribution < -0.4 is 25.0 Å². The summed E-state index contributed by atoms with van der Waals surface area (Å²) in [4.78, 5) is 25.1. The molecule has 0 saturated heterocycles. The van der Waals surface area contributed by atoms with E-state index in [4.69, 9.17) is 14.2 Å². The lowest BCUT2D eigenvalue weighted by Gasteiger charge is -2.14. The Bertz CT molecular complexity index is 1140. The highest BCUT2D eigenvalue weighted by Gasteiger charge is 2.19. The Morgan fingerprint density at radius 2 is 1.67 bits per heavy atom. The Kier molecular flexibility index (Phi) is 6.01. The molecule has 0 fully saturated rings. The van der Waals surface area contributed by atoms with E-state index in [0.717, 1.165) is 11.6 Å². The molecule has 156 valence electrons. The molecule has 0 unspecified atom stereocenters. The van der Waals surface area contributed by atoms with Crippen LogP contribution in [-0.4, -0.2) is 37.0 Å². The summed E-state index contributed by atoms with van der Waals surface area (Å²) in [7, 11) is 4.35. The van der Waals surface area contributed by atoms with Crippen molar-refractivity contribution in [2.75, 3.05) is 26.6 Å². The normalized spacial score (nSPS) is 10.4. The number of methoxy groups -OCH3 is 3. The smallest absolute Gasteiger partial charge is 0.280 e. The van der Waals surface area contributed by atoms with Crippen molar-refractivity contribution in [3.8, 4) is 23.1 Å². The molecule has 1 amide bonds. The lowest BCUT2D eigenvalue weighted by molar-refractivity contribution is 0.101. The van der Waals surface area contributed by atoms with Crippen LogP contribution in [0.3, 0.4) is 0 Å². The van der Waals surface area contributed by atoms with Gasteiger partial charge < -0.3 is 19.5 Å². The highest BCUT2D eigenvalue weighted by molar-refractivity contribution is 6.02. The van der Waals surface area contributed by atoms with Gasteiger partial charge in [0.05, 0.1) is 38.8 Å². The van der Waals surface area contributed by atoms with Crippen LogP contribution in [0.2, 0.25) is 0 Å². The van der Waals surface area contributed by atoms with Crippen LogP contribution in [-0.2, 0) is 0 Å². The molecule has 3 rings (SSSR count). The van der Waals surface area contributed by atoms with Crippen molar-refractivity contribution in [3.63, 3.8) is 0 Å². The zero-order valence-electron chi connectivity index (χ0n) is 16.9. The van der Waals surface area contributed by atoms with Crippen molar-refractivity contribution in [2.45, 2.75) is 6.92 Å². The van der Waals surface area contributed by atoms with Crippen LogP contribution in [0.4, 0.5) is 10.1 Å². The van der Waals surface area contributed by atoms with Crippen LogP contribution in [0.1, 0.15) is 16.1 Å². The molecule has 0 aliphatic rings. The average molecular weight is 413 g/mol. The fraction of sp³-hybridized carbons (Fsp3) is 0.190. The van der Waals surface area contributed by atoms with E-state index in [1.807, 2.05) is 0 Å². The minimum Gasteiger partial charge on any atom is -0.497 e. The van der Waals surface area contributed by atoms with Crippen molar-refractivity contribution in [3.05, 3.63) is 69.8 Å². The Morgan fingerprint density at radius 3 is 2.27 bits per heavy atom. The van der Waals surface area contributed by atoms with Gasteiger partial charge in [0.25, 0.3) is 5.91 Å². The van der Waals surface area contributed by atoms with Gasteiger partial charge in [0.15, 0.2) is 5.69 Å². The second-order valence-corrected chi connectivity index (χ2v) is 6.32. The minimum atomic E-state index is -0.851. The molecular weight excluding hydrogens is 393 g/mol.